The fourth-order valence-corrected chi connectivity index (χ4v) is 1.68. The average Bonchev–Trinajstić information content (AvgIpc) is 2.29. The first-order chi connectivity index (χ1) is 8.15. The third-order valence-electron chi connectivity index (χ3n) is 2.61. The van der Waals surface area contributed by atoms with Crippen LogP contribution in [-0.4, -0.2) is 0 Å². The number of aryl methyl sites for hydroxylation is 1. The van der Waals surface area contributed by atoms with E-state index < -0.39 is 0 Å². The van der Waals surface area contributed by atoms with E-state index in [4.69, 9.17) is 10.5 Å². The highest BCUT2D eigenvalue weighted by Gasteiger charge is 2.02. The Hall–Kier alpha value is -1.80. The van der Waals surface area contributed by atoms with Crippen LogP contribution in [0.1, 0.15) is 24.1 Å². The molecule has 0 saturated carbocycles. The Morgan fingerprint density at radius 3 is 2.29 bits per heavy atom. The van der Waals surface area contributed by atoms with Gasteiger partial charge in [0.15, 0.2) is 0 Å². The van der Waals surface area contributed by atoms with Gasteiger partial charge in [0.2, 0.25) is 0 Å². The summed E-state index contributed by atoms with van der Waals surface area (Å²) in [5, 5.41) is 0. The van der Waals surface area contributed by atoms with Crippen LogP contribution >= 0.6 is 0 Å². The van der Waals surface area contributed by atoms with Gasteiger partial charge in [-0.05, 0) is 49.2 Å². The first kappa shape index (κ1) is 11.7. The Balaban J connectivity index is 2.21. The van der Waals surface area contributed by atoms with Crippen LogP contribution in [0.3, 0.4) is 0 Å². The van der Waals surface area contributed by atoms with Crippen molar-refractivity contribution in [3.63, 3.8) is 0 Å². The maximum atomic E-state index is 5.84. The van der Waals surface area contributed by atoms with E-state index >= 15 is 0 Å². The maximum absolute atomic E-state index is 5.84. The van der Waals surface area contributed by atoms with Gasteiger partial charge in [-0.2, -0.15) is 0 Å². The molecule has 0 aromatic heterocycles. The number of rotatable bonds is 3. The molecule has 2 aromatic rings. The minimum Gasteiger partial charge on any atom is -0.457 e. The Morgan fingerprint density at radius 1 is 1.00 bits per heavy atom. The third-order valence-corrected chi connectivity index (χ3v) is 2.61. The van der Waals surface area contributed by atoms with E-state index in [-0.39, 0.29) is 6.04 Å². The van der Waals surface area contributed by atoms with Crippen molar-refractivity contribution in [2.75, 3.05) is 0 Å². The SMILES string of the molecule is Cc1cccc(Oc2cccc(C(C)N)c2)c1. The standard InChI is InChI=1S/C15H17NO/c1-11-5-3-7-14(9-11)17-15-8-4-6-13(10-15)12(2)16/h3-10,12H,16H2,1-2H3. The number of hydrogen-bond acceptors (Lipinski definition) is 2. The van der Waals surface area contributed by atoms with Gasteiger partial charge in [-0.25, -0.2) is 0 Å². The predicted molar refractivity (Wildman–Crippen MR) is 70.3 cm³/mol. The average molecular weight is 227 g/mol. The van der Waals surface area contributed by atoms with Gasteiger partial charge < -0.3 is 10.5 Å². The van der Waals surface area contributed by atoms with Crippen molar-refractivity contribution in [3.8, 4) is 11.5 Å². The number of hydrogen-bond donors (Lipinski definition) is 1. The highest BCUT2D eigenvalue weighted by molar-refractivity contribution is 5.36. The third kappa shape index (κ3) is 3.08. The molecule has 0 aliphatic heterocycles. The first-order valence-electron chi connectivity index (χ1n) is 5.75. The summed E-state index contributed by atoms with van der Waals surface area (Å²) in [7, 11) is 0. The molecular formula is C15H17NO. The van der Waals surface area contributed by atoms with Crippen LogP contribution in [0, 0.1) is 6.92 Å². The molecule has 0 fully saturated rings. The van der Waals surface area contributed by atoms with Crippen molar-refractivity contribution >= 4 is 0 Å². The second-order valence-corrected chi connectivity index (χ2v) is 4.28. The molecule has 0 heterocycles. The number of benzene rings is 2. The van der Waals surface area contributed by atoms with Crippen molar-refractivity contribution < 1.29 is 4.74 Å². The normalized spacial score (nSPS) is 12.2. The van der Waals surface area contributed by atoms with E-state index in [1.165, 1.54) is 5.56 Å². The van der Waals surface area contributed by atoms with Gasteiger partial charge in [-0.15, -0.1) is 0 Å². The lowest BCUT2D eigenvalue weighted by Crippen LogP contribution is -2.04. The fourth-order valence-electron chi connectivity index (χ4n) is 1.68. The van der Waals surface area contributed by atoms with Crippen LogP contribution < -0.4 is 10.5 Å². The molecule has 0 aliphatic carbocycles. The fraction of sp³-hybridized carbons (Fsp3) is 0.200. The van der Waals surface area contributed by atoms with Gasteiger partial charge in [0.1, 0.15) is 11.5 Å². The smallest absolute Gasteiger partial charge is 0.127 e. The van der Waals surface area contributed by atoms with E-state index in [2.05, 4.69) is 0 Å². The summed E-state index contributed by atoms with van der Waals surface area (Å²) in [6, 6.07) is 15.9. The Morgan fingerprint density at radius 2 is 1.65 bits per heavy atom. The lowest BCUT2D eigenvalue weighted by molar-refractivity contribution is 0.481. The first-order valence-corrected chi connectivity index (χ1v) is 5.75. The molecule has 0 amide bonds. The summed E-state index contributed by atoms with van der Waals surface area (Å²) < 4.78 is 5.79. The van der Waals surface area contributed by atoms with Crippen LogP contribution in [0.15, 0.2) is 48.5 Å². The minimum absolute atomic E-state index is 0.0241. The molecule has 1 atom stereocenters. The number of nitrogens with two attached hydrogens (primary N) is 1. The predicted octanol–water partition coefficient (Wildman–Crippen LogP) is 3.81. The summed E-state index contributed by atoms with van der Waals surface area (Å²) in [5.41, 5.74) is 8.11. The molecule has 0 spiro atoms. The molecule has 2 N–H and O–H groups in total. The molecule has 2 nitrogen and oxygen atoms in total. The van der Waals surface area contributed by atoms with Crippen LogP contribution in [0.25, 0.3) is 0 Å². The molecule has 0 bridgehead atoms. The molecule has 88 valence electrons. The van der Waals surface area contributed by atoms with Gasteiger partial charge in [0.25, 0.3) is 0 Å². The monoisotopic (exact) mass is 227 g/mol. The van der Waals surface area contributed by atoms with Crippen molar-refractivity contribution in [2.45, 2.75) is 19.9 Å². The van der Waals surface area contributed by atoms with Gasteiger partial charge in [0.05, 0.1) is 0 Å². The quantitative estimate of drug-likeness (QED) is 0.865. The van der Waals surface area contributed by atoms with Crippen molar-refractivity contribution in [1.82, 2.24) is 0 Å². The Labute approximate surface area is 102 Å². The van der Waals surface area contributed by atoms with E-state index in [0.29, 0.717) is 0 Å². The summed E-state index contributed by atoms with van der Waals surface area (Å²) in [4.78, 5) is 0. The van der Waals surface area contributed by atoms with E-state index in [0.717, 1.165) is 17.1 Å². The molecule has 2 aromatic carbocycles. The second-order valence-electron chi connectivity index (χ2n) is 4.28. The molecular weight excluding hydrogens is 210 g/mol. The maximum Gasteiger partial charge on any atom is 0.127 e. The van der Waals surface area contributed by atoms with Crippen molar-refractivity contribution in [1.29, 1.82) is 0 Å². The van der Waals surface area contributed by atoms with Crippen LogP contribution in [0.4, 0.5) is 0 Å². The van der Waals surface area contributed by atoms with Gasteiger partial charge in [-0.1, -0.05) is 24.3 Å². The molecule has 0 aliphatic rings. The lowest BCUT2D eigenvalue weighted by Gasteiger charge is -2.10. The lowest BCUT2D eigenvalue weighted by atomic mass is 10.1. The van der Waals surface area contributed by atoms with Crippen molar-refractivity contribution in [3.05, 3.63) is 59.7 Å². The zero-order chi connectivity index (χ0) is 12.3. The van der Waals surface area contributed by atoms with E-state index in [1.54, 1.807) is 0 Å². The molecule has 1 unspecified atom stereocenters. The van der Waals surface area contributed by atoms with Gasteiger partial charge in [-0.3, -0.25) is 0 Å². The largest absolute Gasteiger partial charge is 0.457 e. The van der Waals surface area contributed by atoms with Crippen LogP contribution in [-0.2, 0) is 0 Å². The highest BCUT2D eigenvalue weighted by atomic mass is 16.5. The van der Waals surface area contributed by atoms with E-state index in [1.807, 2.05) is 62.4 Å². The topological polar surface area (TPSA) is 35.2 Å². The van der Waals surface area contributed by atoms with Crippen molar-refractivity contribution in [2.24, 2.45) is 5.73 Å². The molecule has 0 radical (unpaired) electrons. The summed E-state index contributed by atoms with van der Waals surface area (Å²) >= 11 is 0. The van der Waals surface area contributed by atoms with Crippen LogP contribution in [0.5, 0.6) is 11.5 Å². The Bertz CT molecular complexity index is 506. The van der Waals surface area contributed by atoms with Gasteiger partial charge in [0, 0.05) is 6.04 Å². The zero-order valence-electron chi connectivity index (χ0n) is 10.2. The second kappa shape index (κ2) is 5.02. The molecule has 2 rings (SSSR count). The van der Waals surface area contributed by atoms with E-state index in [9.17, 15) is 0 Å². The molecule has 17 heavy (non-hydrogen) atoms. The highest BCUT2D eigenvalue weighted by Crippen LogP contribution is 2.24. The summed E-state index contributed by atoms with van der Waals surface area (Å²) in [5.74, 6) is 1.68. The van der Waals surface area contributed by atoms with Crippen LogP contribution in [0.2, 0.25) is 0 Å². The number of ether oxygens (including phenoxy) is 1. The summed E-state index contributed by atoms with van der Waals surface area (Å²) in [6.07, 6.45) is 0. The van der Waals surface area contributed by atoms with Gasteiger partial charge >= 0.3 is 0 Å². The minimum atomic E-state index is 0.0241. The Kier molecular flexibility index (Phi) is 3.45. The molecule has 0 saturated heterocycles. The zero-order valence-corrected chi connectivity index (χ0v) is 10.2. The summed E-state index contributed by atoms with van der Waals surface area (Å²) in [6.45, 7) is 4.01. The molecule has 2 heteroatoms.